The Hall–Kier alpha value is -1.93. The number of benzene rings is 1. The fraction of sp³-hybridized carbons (Fsp3) is 0.167. The van der Waals surface area contributed by atoms with Crippen LogP contribution in [0, 0.1) is 11.3 Å². The van der Waals surface area contributed by atoms with E-state index >= 15 is 0 Å². The van der Waals surface area contributed by atoms with Gasteiger partial charge < -0.3 is 9.15 Å². The number of hydrogen-bond acceptors (Lipinski definition) is 5. The predicted octanol–water partition coefficient (Wildman–Crippen LogP) is 2.72. The fourth-order valence-corrected chi connectivity index (χ4v) is 1.80. The minimum atomic E-state index is 0.568. The number of aromatic nitrogens is 1. The van der Waals surface area contributed by atoms with Crippen molar-refractivity contribution in [3.05, 3.63) is 42.3 Å². The zero-order chi connectivity index (χ0) is 11.9. The maximum absolute atomic E-state index is 8.64. The summed E-state index contributed by atoms with van der Waals surface area (Å²) in [6.07, 6.45) is 3.16. The van der Waals surface area contributed by atoms with Gasteiger partial charge >= 0.3 is 0 Å². The average molecular weight is 246 g/mol. The van der Waals surface area contributed by atoms with E-state index in [0.29, 0.717) is 17.4 Å². The third kappa shape index (κ3) is 3.54. The molecule has 0 amide bonds. The van der Waals surface area contributed by atoms with Crippen molar-refractivity contribution in [2.45, 2.75) is 5.22 Å². The Balaban J connectivity index is 1.73. The highest BCUT2D eigenvalue weighted by Gasteiger charge is 1.99. The zero-order valence-corrected chi connectivity index (χ0v) is 9.81. The molecule has 2 aromatic rings. The first-order chi connectivity index (χ1) is 8.38. The highest BCUT2D eigenvalue weighted by Crippen LogP contribution is 2.16. The van der Waals surface area contributed by atoms with Crippen LogP contribution in [0.5, 0.6) is 5.75 Å². The summed E-state index contributed by atoms with van der Waals surface area (Å²) in [5.74, 6) is 1.53. The number of nitriles is 1. The van der Waals surface area contributed by atoms with Crippen molar-refractivity contribution in [2.75, 3.05) is 12.4 Å². The van der Waals surface area contributed by atoms with E-state index in [1.165, 1.54) is 11.8 Å². The van der Waals surface area contributed by atoms with Gasteiger partial charge in [-0.2, -0.15) is 5.26 Å². The van der Waals surface area contributed by atoms with E-state index in [2.05, 4.69) is 11.1 Å². The molecule has 4 nitrogen and oxygen atoms in total. The molecule has 0 unspecified atom stereocenters. The third-order valence-electron chi connectivity index (χ3n) is 1.97. The number of hydrogen-bond donors (Lipinski definition) is 0. The van der Waals surface area contributed by atoms with E-state index in [9.17, 15) is 0 Å². The maximum atomic E-state index is 8.64. The summed E-state index contributed by atoms with van der Waals surface area (Å²) in [4.78, 5) is 3.99. The molecular formula is C12H10N2O2S. The van der Waals surface area contributed by atoms with Crippen molar-refractivity contribution in [3.63, 3.8) is 0 Å². The van der Waals surface area contributed by atoms with Crippen LogP contribution in [0.1, 0.15) is 5.56 Å². The lowest BCUT2D eigenvalue weighted by molar-refractivity contribution is 0.343. The summed E-state index contributed by atoms with van der Waals surface area (Å²) in [6.45, 7) is 0.568. The number of thioether (sulfide) groups is 1. The molecule has 0 saturated heterocycles. The van der Waals surface area contributed by atoms with E-state index in [1.54, 1.807) is 36.7 Å². The second kappa shape index (κ2) is 5.97. The Morgan fingerprint density at radius 2 is 2.18 bits per heavy atom. The summed E-state index contributed by atoms with van der Waals surface area (Å²) in [5.41, 5.74) is 0.631. The molecule has 2 rings (SSSR count). The summed E-state index contributed by atoms with van der Waals surface area (Å²) in [5, 5.41) is 9.28. The second-order valence-corrected chi connectivity index (χ2v) is 4.18. The monoisotopic (exact) mass is 246 g/mol. The molecule has 86 valence electrons. The molecule has 0 aliphatic heterocycles. The Bertz CT molecular complexity index is 488. The lowest BCUT2D eigenvalue weighted by Gasteiger charge is -2.04. The average Bonchev–Trinajstić information content (AvgIpc) is 2.88. The normalized spacial score (nSPS) is 9.82. The molecule has 0 saturated carbocycles. The van der Waals surface area contributed by atoms with Crippen LogP contribution in [-0.4, -0.2) is 17.3 Å². The van der Waals surface area contributed by atoms with Crippen LogP contribution in [0.3, 0.4) is 0 Å². The number of oxazole rings is 1. The summed E-state index contributed by atoms with van der Waals surface area (Å²) in [7, 11) is 0. The topological polar surface area (TPSA) is 59.0 Å². The van der Waals surface area contributed by atoms with Crippen LogP contribution in [0.2, 0.25) is 0 Å². The molecule has 0 atom stereocenters. The highest BCUT2D eigenvalue weighted by atomic mass is 32.2. The summed E-state index contributed by atoms with van der Waals surface area (Å²) >= 11 is 1.50. The maximum Gasteiger partial charge on any atom is 0.255 e. The van der Waals surface area contributed by atoms with E-state index in [4.69, 9.17) is 14.4 Å². The van der Waals surface area contributed by atoms with Crippen molar-refractivity contribution in [3.8, 4) is 11.8 Å². The number of ether oxygens (including phenoxy) is 1. The summed E-state index contributed by atoms with van der Waals surface area (Å²) in [6, 6.07) is 9.10. The molecule has 5 heteroatoms. The van der Waals surface area contributed by atoms with E-state index in [0.717, 1.165) is 11.5 Å². The van der Waals surface area contributed by atoms with Gasteiger partial charge in [0.25, 0.3) is 5.22 Å². The molecule has 1 aromatic heterocycles. The number of rotatable bonds is 5. The third-order valence-corrected chi connectivity index (χ3v) is 2.79. The number of nitrogens with zero attached hydrogens (tertiary/aromatic N) is 2. The molecule has 1 heterocycles. The van der Waals surface area contributed by atoms with Crippen molar-refractivity contribution >= 4 is 11.8 Å². The quantitative estimate of drug-likeness (QED) is 0.599. The first-order valence-electron chi connectivity index (χ1n) is 5.04. The Labute approximate surface area is 103 Å². The highest BCUT2D eigenvalue weighted by molar-refractivity contribution is 7.99. The molecule has 0 bridgehead atoms. The molecule has 0 radical (unpaired) electrons. The van der Waals surface area contributed by atoms with E-state index in [1.807, 2.05) is 0 Å². The van der Waals surface area contributed by atoms with Crippen LogP contribution in [0.15, 0.2) is 46.4 Å². The van der Waals surface area contributed by atoms with Crippen LogP contribution < -0.4 is 4.74 Å². The fourth-order valence-electron chi connectivity index (χ4n) is 1.20. The van der Waals surface area contributed by atoms with Gasteiger partial charge in [0.2, 0.25) is 0 Å². The minimum Gasteiger partial charge on any atom is -0.493 e. The lowest BCUT2D eigenvalue weighted by atomic mass is 10.2. The molecule has 0 aliphatic carbocycles. The van der Waals surface area contributed by atoms with Gasteiger partial charge in [0.05, 0.1) is 24.4 Å². The first-order valence-corrected chi connectivity index (χ1v) is 6.02. The van der Waals surface area contributed by atoms with Gasteiger partial charge in [0.1, 0.15) is 12.0 Å². The second-order valence-electron chi connectivity index (χ2n) is 3.13. The lowest BCUT2D eigenvalue weighted by Crippen LogP contribution is -1.99. The van der Waals surface area contributed by atoms with Gasteiger partial charge in [-0.05, 0) is 24.3 Å². The van der Waals surface area contributed by atoms with Gasteiger partial charge in [-0.15, -0.1) is 0 Å². The van der Waals surface area contributed by atoms with Crippen LogP contribution >= 0.6 is 11.8 Å². The smallest absolute Gasteiger partial charge is 0.255 e. The molecule has 0 spiro atoms. The summed E-state index contributed by atoms with van der Waals surface area (Å²) < 4.78 is 10.6. The minimum absolute atomic E-state index is 0.568. The van der Waals surface area contributed by atoms with Gasteiger partial charge in [0, 0.05) is 5.75 Å². The van der Waals surface area contributed by atoms with Crippen molar-refractivity contribution in [1.82, 2.24) is 4.98 Å². The van der Waals surface area contributed by atoms with Crippen LogP contribution in [0.25, 0.3) is 0 Å². The van der Waals surface area contributed by atoms with Crippen molar-refractivity contribution in [2.24, 2.45) is 0 Å². The van der Waals surface area contributed by atoms with Gasteiger partial charge in [-0.25, -0.2) is 4.98 Å². The molecule has 0 fully saturated rings. The largest absolute Gasteiger partial charge is 0.493 e. The molecule has 17 heavy (non-hydrogen) atoms. The Morgan fingerprint density at radius 3 is 2.82 bits per heavy atom. The van der Waals surface area contributed by atoms with Gasteiger partial charge in [-0.1, -0.05) is 11.8 Å². The Morgan fingerprint density at radius 1 is 1.35 bits per heavy atom. The molecule has 1 aromatic carbocycles. The zero-order valence-electron chi connectivity index (χ0n) is 9.00. The molecular weight excluding hydrogens is 236 g/mol. The van der Waals surface area contributed by atoms with Gasteiger partial charge in [0.15, 0.2) is 0 Å². The van der Waals surface area contributed by atoms with E-state index in [-0.39, 0.29) is 0 Å². The van der Waals surface area contributed by atoms with Crippen LogP contribution in [0.4, 0.5) is 0 Å². The predicted molar refractivity (Wildman–Crippen MR) is 63.9 cm³/mol. The molecule has 0 aliphatic rings. The van der Waals surface area contributed by atoms with Gasteiger partial charge in [-0.3, -0.25) is 0 Å². The van der Waals surface area contributed by atoms with Crippen molar-refractivity contribution in [1.29, 1.82) is 5.26 Å². The standard InChI is InChI=1S/C12H10N2O2S/c13-9-10-1-3-11(4-2-10)15-7-8-17-12-14-5-6-16-12/h1-6H,7-8H2. The molecule has 0 N–H and O–H groups in total. The Kier molecular flexibility index (Phi) is 4.05. The van der Waals surface area contributed by atoms with Crippen molar-refractivity contribution < 1.29 is 9.15 Å². The van der Waals surface area contributed by atoms with E-state index < -0.39 is 0 Å². The first kappa shape index (κ1) is 11.6. The SMILES string of the molecule is N#Cc1ccc(OCCSc2ncco2)cc1. The van der Waals surface area contributed by atoms with Crippen LogP contribution in [-0.2, 0) is 0 Å².